The molecule has 1 aromatic heterocycles. The first kappa shape index (κ1) is 12.7. The van der Waals surface area contributed by atoms with Crippen molar-refractivity contribution in [2.45, 2.75) is 26.3 Å². The number of halogens is 1. The summed E-state index contributed by atoms with van der Waals surface area (Å²) in [5.74, 6) is 0.805. The van der Waals surface area contributed by atoms with Crippen molar-refractivity contribution in [2.75, 3.05) is 6.54 Å². The molecule has 0 radical (unpaired) electrons. The highest BCUT2D eigenvalue weighted by Gasteiger charge is 2.11. The Morgan fingerprint density at radius 1 is 1.33 bits per heavy atom. The van der Waals surface area contributed by atoms with Gasteiger partial charge in [-0.25, -0.2) is 4.39 Å². The molecule has 0 bridgehead atoms. The fraction of sp³-hybridized carbons (Fsp3) is 0.385. The van der Waals surface area contributed by atoms with Gasteiger partial charge >= 0.3 is 0 Å². The molecule has 2 rings (SSSR count). The first-order valence-corrected chi connectivity index (χ1v) is 6.01. The lowest BCUT2D eigenvalue weighted by Gasteiger charge is -2.07. The molecule has 18 heavy (non-hydrogen) atoms. The van der Waals surface area contributed by atoms with Crippen molar-refractivity contribution in [3.05, 3.63) is 36.0 Å². The molecule has 0 aliphatic carbocycles. The van der Waals surface area contributed by atoms with Gasteiger partial charge in [0.1, 0.15) is 5.82 Å². The Balaban J connectivity index is 2.08. The van der Waals surface area contributed by atoms with Crippen LogP contribution in [0.2, 0.25) is 0 Å². The fourth-order valence-electron chi connectivity index (χ4n) is 1.74. The average molecular weight is 249 g/mol. The molecule has 1 atom stereocenters. The van der Waals surface area contributed by atoms with Crippen LogP contribution in [0.4, 0.5) is 4.39 Å². The van der Waals surface area contributed by atoms with Crippen LogP contribution in [0.25, 0.3) is 11.4 Å². The van der Waals surface area contributed by atoms with Gasteiger partial charge in [0.15, 0.2) is 0 Å². The smallest absolute Gasteiger partial charge is 0.228 e. The zero-order chi connectivity index (χ0) is 13.0. The molecule has 0 saturated carbocycles. The lowest BCUT2D eigenvalue weighted by atomic mass is 10.2. The van der Waals surface area contributed by atoms with Crippen molar-refractivity contribution in [3.8, 4) is 11.4 Å². The van der Waals surface area contributed by atoms with Crippen LogP contribution in [0.5, 0.6) is 0 Å². The van der Waals surface area contributed by atoms with Crippen LogP contribution in [0, 0.1) is 5.82 Å². The minimum Gasteiger partial charge on any atom is -0.339 e. The number of hydrogen-bond acceptors (Lipinski definition) is 4. The van der Waals surface area contributed by atoms with E-state index in [1.807, 2.05) is 6.92 Å². The van der Waals surface area contributed by atoms with E-state index in [1.165, 1.54) is 12.1 Å². The number of nitrogens with zero attached hydrogens (tertiary/aromatic N) is 2. The Morgan fingerprint density at radius 2 is 2.06 bits per heavy atom. The summed E-state index contributed by atoms with van der Waals surface area (Å²) in [5, 5.41) is 7.17. The summed E-state index contributed by atoms with van der Waals surface area (Å²) < 4.78 is 18.0. The molecule has 96 valence electrons. The van der Waals surface area contributed by atoms with Crippen LogP contribution in [0.1, 0.15) is 19.7 Å². The van der Waals surface area contributed by atoms with Crippen molar-refractivity contribution >= 4 is 0 Å². The van der Waals surface area contributed by atoms with Gasteiger partial charge in [0, 0.05) is 18.0 Å². The first-order valence-electron chi connectivity index (χ1n) is 6.01. The molecule has 5 heteroatoms. The number of likely N-dealkylation sites (N-methyl/N-ethyl adjacent to an activating group) is 1. The average Bonchev–Trinajstić information content (AvgIpc) is 2.78. The van der Waals surface area contributed by atoms with Crippen LogP contribution < -0.4 is 5.32 Å². The standard InChI is InChI=1S/C13H16FN3O/c1-3-15-9(2)8-12-16-13(17-18-12)10-4-6-11(14)7-5-10/h4-7,9,15H,3,8H2,1-2H3. The third-order valence-electron chi connectivity index (χ3n) is 2.60. The highest BCUT2D eigenvalue weighted by atomic mass is 19.1. The molecule has 4 nitrogen and oxygen atoms in total. The maximum absolute atomic E-state index is 12.8. The van der Waals surface area contributed by atoms with Crippen LogP contribution >= 0.6 is 0 Å². The van der Waals surface area contributed by atoms with Gasteiger partial charge < -0.3 is 9.84 Å². The molecular weight excluding hydrogens is 233 g/mol. The maximum Gasteiger partial charge on any atom is 0.228 e. The summed E-state index contributed by atoms with van der Waals surface area (Å²) >= 11 is 0. The summed E-state index contributed by atoms with van der Waals surface area (Å²) in [5.41, 5.74) is 0.752. The van der Waals surface area contributed by atoms with Gasteiger partial charge in [-0.1, -0.05) is 12.1 Å². The molecule has 0 aliphatic heterocycles. The van der Waals surface area contributed by atoms with Gasteiger partial charge in [-0.15, -0.1) is 0 Å². The zero-order valence-corrected chi connectivity index (χ0v) is 10.5. The van der Waals surface area contributed by atoms with Crippen LogP contribution in [-0.2, 0) is 6.42 Å². The van der Waals surface area contributed by atoms with E-state index >= 15 is 0 Å². The summed E-state index contributed by atoms with van der Waals surface area (Å²) in [6.07, 6.45) is 0.683. The van der Waals surface area contributed by atoms with E-state index in [2.05, 4.69) is 22.4 Å². The highest BCUT2D eigenvalue weighted by Crippen LogP contribution is 2.16. The molecule has 0 spiro atoms. The van der Waals surface area contributed by atoms with E-state index in [0.717, 1.165) is 12.1 Å². The number of aromatic nitrogens is 2. The predicted octanol–water partition coefficient (Wildman–Crippen LogP) is 2.42. The van der Waals surface area contributed by atoms with Crippen molar-refractivity contribution in [1.29, 1.82) is 0 Å². The Bertz CT molecular complexity index is 495. The van der Waals surface area contributed by atoms with E-state index in [9.17, 15) is 4.39 Å². The number of rotatable bonds is 5. The van der Waals surface area contributed by atoms with Crippen molar-refractivity contribution in [1.82, 2.24) is 15.5 Å². The highest BCUT2D eigenvalue weighted by molar-refractivity contribution is 5.53. The van der Waals surface area contributed by atoms with Crippen molar-refractivity contribution in [3.63, 3.8) is 0 Å². The van der Waals surface area contributed by atoms with E-state index in [1.54, 1.807) is 12.1 Å². The largest absolute Gasteiger partial charge is 0.339 e. The van der Waals surface area contributed by atoms with Gasteiger partial charge in [0.25, 0.3) is 0 Å². The van der Waals surface area contributed by atoms with Gasteiger partial charge in [0.05, 0.1) is 0 Å². The number of hydrogen-bond donors (Lipinski definition) is 1. The summed E-state index contributed by atoms with van der Waals surface area (Å²) in [6, 6.07) is 6.32. The van der Waals surface area contributed by atoms with Crippen molar-refractivity contribution < 1.29 is 8.91 Å². The van der Waals surface area contributed by atoms with Gasteiger partial charge in [-0.05, 0) is 37.7 Å². The summed E-state index contributed by atoms with van der Waals surface area (Å²) in [7, 11) is 0. The second kappa shape index (κ2) is 5.73. The summed E-state index contributed by atoms with van der Waals surface area (Å²) in [4.78, 5) is 4.29. The quantitative estimate of drug-likeness (QED) is 0.884. The lowest BCUT2D eigenvalue weighted by molar-refractivity contribution is 0.363. The topological polar surface area (TPSA) is 51.0 Å². The van der Waals surface area contributed by atoms with Crippen molar-refractivity contribution in [2.24, 2.45) is 0 Å². The van der Waals surface area contributed by atoms with Crippen LogP contribution in [0.3, 0.4) is 0 Å². The monoisotopic (exact) mass is 249 g/mol. The van der Waals surface area contributed by atoms with E-state index < -0.39 is 0 Å². The Morgan fingerprint density at radius 3 is 2.72 bits per heavy atom. The third kappa shape index (κ3) is 3.13. The van der Waals surface area contributed by atoms with Gasteiger partial charge in [0.2, 0.25) is 11.7 Å². The second-order valence-electron chi connectivity index (χ2n) is 4.18. The minimum atomic E-state index is -0.275. The molecular formula is C13H16FN3O. The molecule has 0 amide bonds. The third-order valence-corrected chi connectivity index (χ3v) is 2.60. The maximum atomic E-state index is 12.8. The number of benzene rings is 1. The predicted molar refractivity (Wildman–Crippen MR) is 66.5 cm³/mol. The minimum absolute atomic E-state index is 0.275. The molecule has 1 unspecified atom stereocenters. The Hall–Kier alpha value is -1.75. The van der Waals surface area contributed by atoms with Gasteiger partial charge in [-0.2, -0.15) is 4.98 Å². The molecule has 1 N–H and O–H groups in total. The van der Waals surface area contributed by atoms with Crippen LogP contribution in [-0.4, -0.2) is 22.7 Å². The summed E-state index contributed by atoms with van der Waals surface area (Å²) in [6.45, 7) is 5.01. The Labute approximate surface area is 105 Å². The fourth-order valence-corrected chi connectivity index (χ4v) is 1.74. The Kier molecular flexibility index (Phi) is 4.04. The second-order valence-corrected chi connectivity index (χ2v) is 4.18. The zero-order valence-electron chi connectivity index (χ0n) is 10.5. The number of nitrogens with one attached hydrogen (secondary N) is 1. The molecule has 0 aliphatic rings. The lowest BCUT2D eigenvalue weighted by Crippen LogP contribution is -2.27. The SMILES string of the molecule is CCNC(C)Cc1nc(-c2ccc(F)cc2)no1. The molecule has 2 aromatic rings. The van der Waals surface area contributed by atoms with E-state index in [-0.39, 0.29) is 11.9 Å². The normalized spacial score (nSPS) is 12.6. The molecule has 0 saturated heterocycles. The van der Waals surface area contributed by atoms with Crippen LogP contribution in [0.15, 0.2) is 28.8 Å². The van der Waals surface area contributed by atoms with Gasteiger partial charge in [-0.3, -0.25) is 0 Å². The van der Waals surface area contributed by atoms with E-state index in [4.69, 9.17) is 4.52 Å². The molecule has 0 fully saturated rings. The van der Waals surface area contributed by atoms with E-state index in [0.29, 0.717) is 18.1 Å². The molecule has 1 heterocycles. The first-order chi connectivity index (χ1) is 8.69. The molecule has 1 aromatic carbocycles.